The molecule has 1 aliphatic rings. The van der Waals surface area contributed by atoms with Crippen LogP contribution in [-0.2, 0) is 4.79 Å². The zero-order chi connectivity index (χ0) is 8.97. The Labute approximate surface area is 72.4 Å². The number of hydrogen-bond donors (Lipinski definition) is 2. The van der Waals surface area contributed by atoms with Crippen LogP contribution < -0.4 is 11.1 Å². The average Bonchev–Trinajstić information content (AvgIpc) is 2.06. The van der Waals surface area contributed by atoms with E-state index in [2.05, 4.69) is 10.2 Å². The van der Waals surface area contributed by atoms with Crippen LogP contribution in [0.2, 0.25) is 0 Å². The fourth-order valence-electron chi connectivity index (χ4n) is 1.15. The minimum Gasteiger partial charge on any atom is -0.374 e. The Kier molecular flexibility index (Phi) is 3.10. The first kappa shape index (κ1) is 9.06. The summed E-state index contributed by atoms with van der Waals surface area (Å²) in [7, 11) is 0. The molecule has 0 saturated carbocycles. The lowest BCUT2D eigenvalue weighted by Gasteiger charge is -2.26. The largest absolute Gasteiger partial charge is 0.374 e. The summed E-state index contributed by atoms with van der Waals surface area (Å²) in [6, 6.07) is 0. The Hall–Kier alpha value is -1.03. The monoisotopic (exact) mass is 169 g/mol. The van der Waals surface area contributed by atoms with Gasteiger partial charge in [-0.2, -0.15) is 0 Å². The van der Waals surface area contributed by atoms with Crippen LogP contribution in [0.3, 0.4) is 0 Å². The second-order valence-electron chi connectivity index (χ2n) is 2.96. The standard InChI is InChI=1S/C8H15N3O/c1-7(8(9)12)6-11-4-2-10-3-5-11/h6,10H,2-5H2,1H3,(H2,9,12)/b7-6+. The van der Waals surface area contributed by atoms with Crippen LogP contribution in [0.15, 0.2) is 11.8 Å². The van der Waals surface area contributed by atoms with Gasteiger partial charge < -0.3 is 16.0 Å². The molecule has 1 rings (SSSR count). The molecule has 0 aromatic heterocycles. The number of nitrogens with one attached hydrogen (secondary N) is 1. The molecule has 4 heteroatoms. The summed E-state index contributed by atoms with van der Waals surface area (Å²) in [4.78, 5) is 12.8. The van der Waals surface area contributed by atoms with Crippen molar-refractivity contribution in [3.63, 3.8) is 0 Å². The third kappa shape index (κ3) is 2.54. The van der Waals surface area contributed by atoms with Gasteiger partial charge in [-0.25, -0.2) is 0 Å². The van der Waals surface area contributed by atoms with E-state index in [1.807, 2.05) is 6.20 Å². The van der Waals surface area contributed by atoms with Gasteiger partial charge in [0.2, 0.25) is 5.91 Å². The summed E-state index contributed by atoms with van der Waals surface area (Å²) in [5.74, 6) is -0.339. The second-order valence-corrected chi connectivity index (χ2v) is 2.96. The minimum absolute atomic E-state index is 0.339. The van der Waals surface area contributed by atoms with E-state index in [0.29, 0.717) is 5.57 Å². The number of piperazine rings is 1. The van der Waals surface area contributed by atoms with Crippen molar-refractivity contribution < 1.29 is 4.79 Å². The summed E-state index contributed by atoms with van der Waals surface area (Å²) in [6.07, 6.45) is 1.84. The molecule has 12 heavy (non-hydrogen) atoms. The molecule has 1 saturated heterocycles. The molecule has 1 fully saturated rings. The lowest BCUT2D eigenvalue weighted by molar-refractivity contribution is -0.114. The van der Waals surface area contributed by atoms with Gasteiger partial charge in [0.15, 0.2) is 0 Å². The lowest BCUT2D eigenvalue weighted by Crippen LogP contribution is -2.41. The molecule has 0 bridgehead atoms. The van der Waals surface area contributed by atoms with Gasteiger partial charge in [-0.15, -0.1) is 0 Å². The molecule has 0 unspecified atom stereocenters. The normalized spacial score (nSPS) is 19.4. The van der Waals surface area contributed by atoms with E-state index in [1.165, 1.54) is 0 Å². The number of nitrogens with two attached hydrogens (primary N) is 1. The molecular formula is C8H15N3O. The molecule has 1 amide bonds. The van der Waals surface area contributed by atoms with Crippen molar-refractivity contribution in [2.45, 2.75) is 6.92 Å². The average molecular weight is 169 g/mol. The molecule has 0 aliphatic carbocycles. The molecular weight excluding hydrogens is 154 g/mol. The summed E-state index contributed by atoms with van der Waals surface area (Å²) < 4.78 is 0. The first-order chi connectivity index (χ1) is 5.70. The van der Waals surface area contributed by atoms with Gasteiger partial charge in [-0.1, -0.05) is 0 Å². The fraction of sp³-hybridized carbons (Fsp3) is 0.625. The number of hydrogen-bond acceptors (Lipinski definition) is 3. The minimum atomic E-state index is -0.339. The molecule has 1 heterocycles. The maximum absolute atomic E-state index is 10.7. The number of primary amides is 1. The molecule has 0 aromatic rings. The van der Waals surface area contributed by atoms with Crippen molar-refractivity contribution in [1.29, 1.82) is 0 Å². The highest BCUT2D eigenvalue weighted by Gasteiger charge is 2.06. The maximum atomic E-state index is 10.7. The number of carbonyl (C=O) groups is 1. The Balaban J connectivity index is 2.47. The van der Waals surface area contributed by atoms with Crippen LogP contribution in [0.25, 0.3) is 0 Å². The predicted molar refractivity (Wildman–Crippen MR) is 47.4 cm³/mol. The summed E-state index contributed by atoms with van der Waals surface area (Å²) >= 11 is 0. The first-order valence-electron chi connectivity index (χ1n) is 4.13. The van der Waals surface area contributed by atoms with Gasteiger partial charge >= 0.3 is 0 Å². The van der Waals surface area contributed by atoms with Gasteiger partial charge in [-0.3, -0.25) is 4.79 Å². The van der Waals surface area contributed by atoms with E-state index >= 15 is 0 Å². The van der Waals surface area contributed by atoms with Crippen molar-refractivity contribution in [3.05, 3.63) is 11.8 Å². The Bertz CT molecular complexity index is 194. The van der Waals surface area contributed by atoms with E-state index in [0.717, 1.165) is 26.2 Å². The smallest absolute Gasteiger partial charge is 0.245 e. The lowest BCUT2D eigenvalue weighted by atomic mass is 10.3. The predicted octanol–water partition coefficient (Wildman–Crippen LogP) is -0.719. The van der Waals surface area contributed by atoms with Gasteiger partial charge in [0.1, 0.15) is 0 Å². The molecule has 0 aromatic carbocycles. The van der Waals surface area contributed by atoms with Crippen molar-refractivity contribution in [1.82, 2.24) is 10.2 Å². The van der Waals surface area contributed by atoms with Crippen molar-refractivity contribution in [2.75, 3.05) is 26.2 Å². The highest BCUT2D eigenvalue weighted by molar-refractivity contribution is 5.91. The fourth-order valence-corrected chi connectivity index (χ4v) is 1.15. The van der Waals surface area contributed by atoms with E-state index < -0.39 is 0 Å². The van der Waals surface area contributed by atoms with Gasteiger partial charge in [0.25, 0.3) is 0 Å². The highest BCUT2D eigenvalue weighted by atomic mass is 16.1. The van der Waals surface area contributed by atoms with Crippen LogP contribution in [0.5, 0.6) is 0 Å². The molecule has 1 aliphatic heterocycles. The van der Waals surface area contributed by atoms with Gasteiger partial charge in [-0.05, 0) is 6.92 Å². The Morgan fingerprint density at radius 3 is 2.58 bits per heavy atom. The summed E-state index contributed by atoms with van der Waals surface area (Å²) in [6.45, 7) is 5.59. The van der Waals surface area contributed by atoms with Crippen molar-refractivity contribution in [3.8, 4) is 0 Å². The van der Waals surface area contributed by atoms with E-state index in [4.69, 9.17) is 5.73 Å². The van der Waals surface area contributed by atoms with Gasteiger partial charge in [0, 0.05) is 38.0 Å². The number of amides is 1. The number of rotatable bonds is 2. The maximum Gasteiger partial charge on any atom is 0.245 e. The molecule has 3 N–H and O–H groups in total. The Morgan fingerprint density at radius 1 is 1.50 bits per heavy atom. The zero-order valence-electron chi connectivity index (χ0n) is 7.34. The SMILES string of the molecule is C/C(=C\N1CCNCC1)C(N)=O. The number of nitrogens with zero attached hydrogens (tertiary/aromatic N) is 1. The van der Waals surface area contributed by atoms with Crippen LogP contribution in [-0.4, -0.2) is 37.0 Å². The molecule has 0 atom stereocenters. The van der Waals surface area contributed by atoms with Crippen molar-refractivity contribution in [2.24, 2.45) is 5.73 Å². The molecule has 68 valence electrons. The van der Waals surface area contributed by atoms with Crippen LogP contribution in [0, 0.1) is 0 Å². The Morgan fingerprint density at radius 2 is 2.08 bits per heavy atom. The van der Waals surface area contributed by atoms with E-state index in [-0.39, 0.29) is 5.91 Å². The highest BCUT2D eigenvalue weighted by Crippen LogP contribution is 1.98. The molecule has 0 spiro atoms. The van der Waals surface area contributed by atoms with Gasteiger partial charge in [0.05, 0.1) is 0 Å². The zero-order valence-corrected chi connectivity index (χ0v) is 7.34. The van der Waals surface area contributed by atoms with E-state index in [9.17, 15) is 4.79 Å². The molecule has 4 nitrogen and oxygen atoms in total. The summed E-state index contributed by atoms with van der Waals surface area (Å²) in [5.41, 5.74) is 5.73. The third-order valence-corrected chi connectivity index (χ3v) is 1.92. The van der Waals surface area contributed by atoms with Crippen LogP contribution in [0.4, 0.5) is 0 Å². The molecule has 0 radical (unpaired) electrons. The van der Waals surface area contributed by atoms with Crippen molar-refractivity contribution >= 4 is 5.91 Å². The van der Waals surface area contributed by atoms with Crippen LogP contribution >= 0.6 is 0 Å². The summed E-state index contributed by atoms with van der Waals surface area (Å²) in [5, 5.41) is 3.23. The van der Waals surface area contributed by atoms with E-state index in [1.54, 1.807) is 6.92 Å². The number of carbonyl (C=O) groups excluding carboxylic acids is 1. The first-order valence-corrected chi connectivity index (χ1v) is 4.13. The topological polar surface area (TPSA) is 58.4 Å². The second kappa shape index (κ2) is 4.11. The quantitative estimate of drug-likeness (QED) is 0.536. The van der Waals surface area contributed by atoms with Crippen LogP contribution in [0.1, 0.15) is 6.92 Å². The third-order valence-electron chi connectivity index (χ3n) is 1.92.